The molecule has 0 spiro atoms. The summed E-state index contributed by atoms with van der Waals surface area (Å²) in [6.45, 7) is 2.09. The number of isothiocyanates is 1. The maximum absolute atomic E-state index is 14.6. The Kier molecular flexibility index (Phi) is 8.11. The Balaban J connectivity index is 1.90. The highest BCUT2D eigenvalue weighted by atomic mass is 32.1. The summed E-state index contributed by atoms with van der Waals surface area (Å²) >= 11 is 4.32. The average Bonchev–Trinajstić information content (AvgIpc) is 2.75. The lowest BCUT2D eigenvalue weighted by Gasteiger charge is -2.08. The molecule has 3 rings (SSSR count). The maximum atomic E-state index is 14.6. The van der Waals surface area contributed by atoms with Crippen LogP contribution in [-0.2, 0) is 6.42 Å². The molecular weight excluding hydrogens is 453 g/mol. The van der Waals surface area contributed by atoms with Gasteiger partial charge in [-0.25, -0.2) is 22.0 Å². The molecule has 0 amide bonds. The molecule has 7 heteroatoms. The van der Waals surface area contributed by atoms with E-state index in [-0.39, 0.29) is 16.7 Å². The van der Waals surface area contributed by atoms with E-state index < -0.39 is 40.3 Å². The van der Waals surface area contributed by atoms with E-state index in [4.69, 9.17) is 0 Å². The molecule has 0 saturated heterocycles. The standard InChI is InChI=1S/C26H18F5NS/c1-2-3-4-5-16-6-8-18(20(27)10-16)9-7-17-11-21(28)25(22(29)12-17)19-13-23(30)26(32-15-33)24(31)14-19/h6,8,10-14H,2-5H2,1H3. The molecule has 0 bridgehead atoms. The summed E-state index contributed by atoms with van der Waals surface area (Å²) in [5, 5.41) is 1.84. The van der Waals surface area contributed by atoms with Gasteiger partial charge in [0, 0.05) is 5.56 Å². The number of aryl methyl sites for hydroxylation is 1. The number of unbranched alkanes of at least 4 members (excludes halogenated alkanes) is 2. The lowest BCUT2D eigenvalue weighted by atomic mass is 10.0. The smallest absolute Gasteiger partial charge is 0.153 e. The summed E-state index contributed by atoms with van der Waals surface area (Å²) in [4.78, 5) is 3.26. The third-order valence-corrected chi connectivity index (χ3v) is 5.04. The Morgan fingerprint density at radius 2 is 1.45 bits per heavy atom. The number of rotatable bonds is 6. The Labute approximate surface area is 194 Å². The number of thiocarbonyl (C=S) groups is 1. The minimum absolute atomic E-state index is 0.0527. The first-order valence-electron chi connectivity index (χ1n) is 10.2. The van der Waals surface area contributed by atoms with Gasteiger partial charge in [0.25, 0.3) is 0 Å². The van der Waals surface area contributed by atoms with Crippen LogP contribution in [0.5, 0.6) is 0 Å². The second kappa shape index (κ2) is 11.0. The lowest BCUT2D eigenvalue weighted by molar-refractivity contribution is 0.580. The summed E-state index contributed by atoms with van der Waals surface area (Å²) in [6, 6.07) is 8.04. The first kappa shape index (κ1) is 24.3. The lowest BCUT2D eigenvalue weighted by Crippen LogP contribution is -1.95. The van der Waals surface area contributed by atoms with Gasteiger partial charge < -0.3 is 0 Å². The summed E-state index contributed by atoms with van der Waals surface area (Å²) in [7, 11) is 0. The fourth-order valence-corrected chi connectivity index (χ4v) is 3.41. The zero-order valence-corrected chi connectivity index (χ0v) is 18.4. The Bertz CT molecular complexity index is 1250. The van der Waals surface area contributed by atoms with Gasteiger partial charge in [0.05, 0.1) is 16.3 Å². The molecule has 0 heterocycles. The van der Waals surface area contributed by atoms with Gasteiger partial charge in [-0.15, -0.1) is 0 Å². The van der Waals surface area contributed by atoms with E-state index in [1.165, 1.54) is 12.1 Å². The molecule has 168 valence electrons. The molecule has 0 N–H and O–H groups in total. The molecule has 0 fully saturated rings. The molecule has 3 aromatic rings. The number of nitrogens with zero attached hydrogens (tertiary/aromatic N) is 1. The van der Waals surface area contributed by atoms with Crippen LogP contribution in [0, 0.1) is 40.9 Å². The fraction of sp³-hybridized carbons (Fsp3) is 0.192. The second-order valence-corrected chi connectivity index (χ2v) is 7.51. The van der Waals surface area contributed by atoms with E-state index in [0.29, 0.717) is 0 Å². The van der Waals surface area contributed by atoms with Crippen molar-refractivity contribution >= 4 is 23.1 Å². The van der Waals surface area contributed by atoms with Crippen molar-refractivity contribution in [3.8, 4) is 23.0 Å². The Hall–Kier alpha value is -3.33. The second-order valence-electron chi connectivity index (χ2n) is 7.33. The van der Waals surface area contributed by atoms with Crippen molar-refractivity contribution in [3.05, 3.63) is 88.2 Å². The molecule has 0 aromatic heterocycles. The molecule has 33 heavy (non-hydrogen) atoms. The topological polar surface area (TPSA) is 12.4 Å². The zero-order chi connectivity index (χ0) is 24.0. The van der Waals surface area contributed by atoms with Crippen LogP contribution in [0.15, 0.2) is 47.5 Å². The normalized spacial score (nSPS) is 10.4. The molecule has 0 aliphatic carbocycles. The number of halogens is 5. The highest BCUT2D eigenvalue weighted by Gasteiger charge is 2.18. The van der Waals surface area contributed by atoms with Crippen molar-refractivity contribution in [3.63, 3.8) is 0 Å². The van der Waals surface area contributed by atoms with Gasteiger partial charge in [-0.1, -0.05) is 37.7 Å². The van der Waals surface area contributed by atoms with Gasteiger partial charge in [-0.3, -0.25) is 0 Å². The van der Waals surface area contributed by atoms with Gasteiger partial charge in [-0.05, 0) is 72.6 Å². The molecule has 0 aliphatic heterocycles. The maximum Gasteiger partial charge on any atom is 0.153 e. The van der Waals surface area contributed by atoms with Crippen molar-refractivity contribution in [1.82, 2.24) is 0 Å². The molecule has 0 atom stereocenters. The van der Waals surface area contributed by atoms with E-state index >= 15 is 0 Å². The number of aliphatic imine (C=N–C) groups is 1. The molecule has 0 unspecified atom stereocenters. The third kappa shape index (κ3) is 5.92. The van der Waals surface area contributed by atoms with Crippen molar-refractivity contribution in [2.24, 2.45) is 4.99 Å². The molecular formula is C26H18F5NS. The number of hydrogen-bond acceptors (Lipinski definition) is 2. The highest BCUT2D eigenvalue weighted by molar-refractivity contribution is 7.78. The van der Waals surface area contributed by atoms with Crippen LogP contribution in [0.25, 0.3) is 11.1 Å². The van der Waals surface area contributed by atoms with Crippen molar-refractivity contribution < 1.29 is 22.0 Å². The van der Waals surface area contributed by atoms with Crippen LogP contribution in [0.3, 0.4) is 0 Å². The fourth-order valence-electron chi connectivity index (χ4n) is 3.32. The summed E-state index contributed by atoms with van der Waals surface area (Å²) in [5.74, 6) is 0.158. The van der Waals surface area contributed by atoms with Crippen molar-refractivity contribution in [2.75, 3.05) is 0 Å². The van der Waals surface area contributed by atoms with E-state index in [1.807, 2.05) is 5.16 Å². The number of hydrogen-bond donors (Lipinski definition) is 0. The minimum Gasteiger partial charge on any atom is -0.206 e. The van der Waals surface area contributed by atoms with Gasteiger partial charge in [0.2, 0.25) is 0 Å². The molecule has 0 aliphatic rings. The van der Waals surface area contributed by atoms with E-state index in [1.54, 1.807) is 6.07 Å². The first-order valence-corrected chi connectivity index (χ1v) is 10.6. The third-order valence-electron chi connectivity index (χ3n) is 4.95. The average molecular weight is 471 g/mol. The molecule has 0 saturated carbocycles. The van der Waals surface area contributed by atoms with Gasteiger partial charge in [0.15, 0.2) is 11.6 Å². The van der Waals surface area contributed by atoms with Gasteiger partial charge in [0.1, 0.15) is 23.1 Å². The van der Waals surface area contributed by atoms with E-state index in [0.717, 1.165) is 55.5 Å². The predicted molar refractivity (Wildman–Crippen MR) is 122 cm³/mol. The largest absolute Gasteiger partial charge is 0.206 e. The summed E-state index contributed by atoms with van der Waals surface area (Å²) in [5.41, 5.74) is -0.780. The minimum atomic E-state index is -1.14. The monoisotopic (exact) mass is 471 g/mol. The highest BCUT2D eigenvalue weighted by Crippen LogP contribution is 2.32. The quantitative estimate of drug-likeness (QED) is 0.117. The zero-order valence-electron chi connectivity index (χ0n) is 17.6. The molecule has 3 aromatic carbocycles. The van der Waals surface area contributed by atoms with Crippen molar-refractivity contribution in [1.29, 1.82) is 0 Å². The van der Waals surface area contributed by atoms with Crippen LogP contribution in [0.1, 0.15) is 42.9 Å². The summed E-state index contributed by atoms with van der Waals surface area (Å²) < 4.78 is 71.7. The summed E-state index contributed by atoms with van der Waals surface area (Å²) in [6.07, 6.45) is 3.84. The Morgan fingerprint density at radius 1 is 0.788 bits per heavy atom. The van der Waals surface area contributed by atoms with Crippen LogP contribution < -0.4 is 0 Å². The number of benzene rings is 3. The van der Waals surface area contributed by atoms with Gasteiger partial charge >= 0.3 is 0 Å². The van der Waals surface area contributed by atoms with E-state index in [2.05, 4.69) is 36.0 Å². The molecule has 0 radical (unpaired) electrons. The van der Waals surface area contributed by atoms with Gasteiger partial charge in [-0.2, -0.15) is 4.99 Å². The van der Waals surface area contributed by atoms with E-state index in [9.17, 15) is 22.0 Å². The van der Waals surface area contributed by atoms with Crippen molar-refractivity contribution in [2.45, 2.75) is 32.6 Å². The van der Waals surface area contributed by atoms with Crippen LogP contribution in [0.4, 0.5) is 27.6 Å². The van der Waals surface area contributed by atoms with Crippen LogP contribution in [-0.4, -0.2) is 5.16 Å². The Morgan fingerprint density at radius 3 is 2.03 bits per heavy atom. The predicted octanol–water partition coefficient (Wildman–Crippen LogP) is 7.92. The van der Waals surface area contributed by atoms with Crippen LogP contribution in [0.2, 0.25) is 0 Å². The first-order chi connectivity index (χ1) is 15.8. The SMILES string of the molecule is CCCCCc1ccc(C#Cc2cc(F)c(-c3cc(F)c(N=C=S)c(F)c3)c(F)c2)c(F)c1. The molecule has 1 nitrogen and oxygen atoms in total. The van der Waals surface area contributed by atoms with Crippen LogP contribution >= 0.6 is 12.2 Å².